The Morgan fingerprint density at radius 1 is 1.41 bits per heavy atom. The van der Waals surface area contributed by atoms with Crippen LogP contribution in [-0.2, 0) is 0 Å². The molecule has 0 unspecified atom stereocenters. The lowest BCUT2D eigenvalue weighted by atomic mass is 10.2. The fraction of sp³-hybridized carbons (Fsp3) is 0.308. The van der Waals surface area contributed by atoms with Crippen molar-refractivity contribution in [3.63, 3.8) is 0 Å². The van der Waals surface area contributed by atoms with Crippen LogP contribution in [0, 0.1) is 11.7 Å². The molecule has 0 amide bonds. The molecule has 0 radical (unpaired) electrons. The monoisotopic (exact) mass is 250 g/mol. The number of rotatable bonds is 4. The third kappa shape index (κ3) is 3.27. The Labute approximate surface area is 105 Å². The standard InChI is InChI=1S/C13H15FN2S/c1-9(2)7-15-13-16-8-12(17-13)10-4-3-5-11(14)6-10/h3-6,8-9H,7H2,1-2H3,(H,15,16). The first-order valence-electron chi connectivity index (χ1n) is 5.61. The van der Waals surface area contributed by atoms with Gasteiger partial charge in [0, 0.05) is 12.7 Å². The predicted molar refractivity (Wildman–Crippen MR) is 70.8 cm³/mol. The average molecular weight is 250 g/mol. The van der Waals surface area contributed by atoms with Gasteiger partial charge in [0.1, 0.15) is 5.82 Å². The summed E-state index contributed by atoms with van der Waals surface area (Å²) in [6.07, 6.45) is 1.78. The quantitative estimate of drug-likeness (QED) is 0.886. The molecule has 1 heterocycles. The van der Waals surface area contributed by atoms with E-state index in [1.807, 2.05) is 6.07 Å². The Balaban J connectivity index is 2.12. The van der Waals surface area contributed by atoms with E-state index in [1.165, 1.54) is 12.1 Å². The second-order valence-electron chi connectivity index (χ2n) is 4.31. The van der Waals surface area contributed by atoms with Crippen molar-refractivity contribution in [1.82, 2.24) is 4.98 Å². The largest absolute Gasteiger partial charge is 0.361 e. The number of hydrogen-bond acceptors (Lipinski definition) is 3. The van der Waals surface area contributed by atoms with Crippen LogP contribution in [0.15, 0.2) is 30.5 Å². The van der Waals surface area contributed by atoms with Crippen molar-refractivity contribution < 1.29 is 4.39 Å². The Morgan fingerprint density at radius 2 is 2.24 bits per heavy atom. The van der Waals surface area contributed by atoms with Crippen molar-refractivity contribution in [3.05, 3.63) is 36.3 Å². The molecular weight excluding hydrogens is 235 g/mol. The van der Waals surface area contributed by atoms with Crippen molar-refractivity contribution in [2.45, 2.75) is 13.8 Å². The number of nitrogens with zero attached hydrogens (tertiary/aromatic N) is 1. The van der Waals surface area contributed by atoms with Gasteiger partial charge in [-0.25, -0.2) is 9.37 Å². The Bertz CT molecular complexity index is 494. The highest BCUT2D eigenvalue weighted by Crippen LogP contribution is 2.29. The maximum Gasteiger partial charge on any atom is 0.183 e. The minimum atomic E-state index is -0.215. The fourth-order valence-electron chi connectivity index (χ4n) is 1.42. The van der Waals surface area contributed by atoms with Crippen LogP contribution in [-0.4, -0.2) is 11.5 Å². The maximum atomic E-state index is 13.1. The highest BCUT2D eigenvalue weighted by molar-refractivity contribution is 7.18. The van der Waals surface area contributed by atoms with E-state index in [4.69, 9.17) is 0 Å². The molecule has 0 spiro atoms. The van der Waals surface area contributed by atoms with Crippen LogP contribution < -0.4 is 5.32 Å². The second-order valence-corrected chi connectivity index (χ2v) is 5.35. The van der Waals surface area contributed by atoms with Gasteiger partial charge in [0.25, 0.3) is 0 Å². The van der Waals surface area contributed by atoms with Crippen LogP contribution in [0.1, 0.15) is 13.8 Å². The lowest BCUT2D eigenvalue weighted by Crippen LogP contribution is -2.07. The van der Waals surface area contributed by atoms with E-state index in [2.05, 4.69) is 24.1 Å². The van der Waals surface area contributed by atoms with Gasteiger partial charge < -0.3 is 5.32 Å². The highest BCUT2D eigenvalue weighted by atomic mass is 32.1. The molecule has 90 valence electrons. The van der Waals surface area contributed by atoms with E-state index in [-0.39, 0.29) is 5.82 Å². The Kier molecular flexibility index (Phi) is 3.74. The first kappa shape index (κ1) is 12.0. The molecule has 4 heteroatoms. The summed E-state index contributed by atoms with van der Waals surface area (Å²) < 4.78 is 13.1. The number of hydrogen-bond donors (Lipinski definition) is 1. The first-order chi connectivity index (χ1) is 8.15. The summed E-state index contributed by atoms with van der Waals surface area (Å²) in [6, 6.07) is 6.58. The van der Waals surface area contributed by atoms with Gasteiger partial charge in [-0.15, -0.1) is 0 Å². The molecule has 0 fully saturated rings. The van der Waals surface area contributed by atoms with Gasteiger partial charge in [0.15, 0.2) is 5.13 Å². The number of anilines is 1. The van der Waals surface area contributed by atoms with Crippen LogP contribution in [0.3, 0.4) is 0 Å². The molecule has 0 aliphatic carbocycles. The van der Waals surface area contributed by atoms with Crippen LogP contribution in [0.4, 0.5) is 9.52 Å². The Hall–Kier alpha value is -1.42. The van der Waals surface area contributed by atoms with Gasteiger partial charge in [-0.3, -0.25) is 0 Å². The fourth-order valence-corrected chi connectivity index (χ4v) is 2.24. The van der Waals surface area contributed by atoms with E-state index in [9.17, 15) is 4.39 Å². The number of nitrogens with one attached hydrogen (secondary N) is 1. The summed E-state index contributed by atoms with van der Waals surface area (Å²) in [6.45, 7) is 5.19. The number of aromatic nitrogens is 1. The van der Waals surface area contributed by atoms with Crippen LogP contribution >= 0.6 is 11.3 Å². The lowest BCUT2D eigenvalue weighted by molar-refractivity contribution is 0.628. The lowest BCUT2D eigenvalue weighted by Gasteiger charge is -2.04. The molecule has 2 aromatic rings. The molecule has 0 aliphatic heterocycles. The molecule has 0 saturated heterocycles. The van der Waals surface area contributed by atoms with E-state index >= 15 is 0 Å². The smallest absolute Gasteiger partial charge is 0.183 e. The number of benzene rings is 1. The summed E-state index contributed by atoms with van der Waals surface area (Å²) >= 11 is 1.55. The third-order valence-corrected chi connectivity index (χ3v) is 3.28. The molecule has 1 N–H and O–H groups in total. The second kappa shape index (κ2) is 5.27. The molecular formula is C13H15FN2S. The topological polar surface area (TPSA) is 24.9 Å². The predicted octanol–water partition coefficient (Wildman–Crippen LogP) is 4.02. The zero-order valence-electron chi connectivity index (χ0n) is 9.90. The van der Waals surface area contributed by atoms with E-state index in [0.717, 1.165) is 22.1 Å². The molecule has 0 aliphatic rings. The van der Waals surface area contributed by atoms with E-state index in [0.29, 0.717) is 5.92 Å². The SMILES string of the molecule is CC(C)CNc1ncc(-c2cccc(F)c2)s1. The van der Waals surface area contributed by atoms with Gasteiger partial charge in [0.05, 0.1) is 4.88 Å². The Morgan fingerprint density at radius 3 is 2.94 bits per heavy atom. The number of thiazole rings is 1. The van der Waals surface area contributed by atoms with Crippen molar-refractivity contribution in [2.75, 3.05) is 11.9 Å². The molecule has 2 nitrogen and oxygen atoms in total. The molecule has 1 aromatic heterocycles. The summed E-state index contributed by atoms with van der Waals surface area (Å²) in [5, 5.41) is 4.15. The highest BCUT2D eigenvalue weighted by Gasteiger charge is 2.05. The van der Waals surface area contributed by atoms with Crippen LogP contribution in [0.25, 0.3) is 10.4 Å². The normalized spacial score (nSPS) is 10.8. The summed E-state index contributed by atoms with van der Waals surface area (Å²) in [5.74, 6) is 0.365. The van der Waals surface area contributed by atoms with Gasteiger partial charge in [-0.2, -0.15) is 0 Å². The van der Waals surface area contributed by atoms with Gasteiger partial charge in [-0.05, 0) is 23.6 Å². The summed E-state index contributed by atoms with van der Waals surface area (Å²) in [7, 11) is 0. The minimum Gasteiger partial charge on any atom is -0.361 e. The summed E-state index contributed by atoms with van der Waals surface area (Å²) in [4.78, 5) is 5.26. The molecule has 0 saturated carbocycles. The van der Waals surface area contributed by atoms with Gasteiger partial charge >= 0.3 is 0 Å². The first-order valence-corrected chi connectivity index (χ1v) is 6.42. The van der Waals surface area contributed by atoms with Crippen molar-refractivity contribution in [1.29, 1.82) is 0 Å². The molecule has 1 aromatic carbocycles. The van der Waals surface area contributed by atoms with Gasteiger partial charge in [-0.1, -0.05) is 37.3 Å². The minimum absolute atomic E-state index is 0.215. The van der Waals surface area contributed by atoms with E-state index in [1.54, 1.807) is 23.6 Å². The van der Waals surface area contributed by atoms with Crippen molar-refractivity contribution >= 4 is 16.5 Å². The molecule has 17 heavy (non-hydrogen) atoms. The zero-order chi connectivity index (χ0) is 12.3. The maximum absolute atomic E-state index is 13.1. The molecule has 0 bridgehead atoms. The van der Waals surface area contributed by atoms with Gasteiger partial charge in [0.2, 0.25) is 0 Å². The molecule has 0 atom stereocenters. The van der Waals surface area contributed by atoms with Crippen LogP contribution in [0.2, 0.25) is 0 Å². The number of halogens is 1. The average Bonchev–Trinajstić information content (AvgIpc) is 2.75. The summed E-state index contributed by atoms with van der Waals surface area (Å²) in [5.41, 5.74) is 0.875. The van der Waals surface area contributed by atoms with E-state index < -0.39 is 0 Å². The third-order valence-electron chi connectivity index (χ3n) is 2.28. The van der Waals surface area contributed by atoms with Crippen molar-refractivity contribution in [2.24, 2.45) is 5.92 Å². The van der Waals surface area contributed by atoms with Crippen molar-refractivity contribution in [3.8, 4) is 10.4 Å². The molecule has 2 rings (SSSR count). The van der Waals surface area contributed by atoms with Crippen LogP contribution in [0.5, 0.6) is 0 Å². The zero-order valence-corrected chi connectivity index (χ0v) is 10.7.